The van der Waals surface area contributed by atoms with Crippen molar-refractivity contribution in [2.75, 3.05) is 31.4 Å². The predicted molar refractivity (Wildman–Crippen MR) is 92.5 cm³/mol. The Labute approximate surface area is 136 Å². The van der Waals surface area contributed by atoms with Crippen molar-refractivity contribution in [3.05, 3.63) is 48.0 Å². The van der Waals surface area contributed by atoms with Gasteiger partial charge in [0.15, 0.2) is 0 Å². The van der Waals surface area contributed by atoms with E-state index >= 15 is 0 Å². The van der Waals surface area contributed by atoms with Gasteiger partial charge in [0.1, 0.15) is 11.5 Å². The third-order valence-corrected chi connectivity index (χ3v) is 3.38. The molecule has 122 valence electrons. The minimum absolute atomic E-state index is 0.0754. The first-order chi connectivity index (χ1) is 11.1. The maximum Gasteiger partial charge on any atom is 0.226 e. The van der Waals surface area contributed by atoms with Gasteiger partial charge in [-0.1, -0.05) is 12.1 Å². The van der Waals surface area contributed by atoms with Gasteiger partial charge in [0.2, 0.25) is 5.91 Å². The molecular formula is C18H22N2O3. The minimum atomic E-state index is -0.0754. The molecule has 0 unspecified atom stereocenters. The summed E-state index contributed by atoms with van der Waals surface area (Å²) < 4.78 is 10.4. The quantitative estimate of drug-likeness (QED) is 0.822. The molecular weight excluding hydrogens is 292 g/mol. The normalized spacial score (nSPS) is 10.0. The van der Waals surface area contributed by atoms with Gasteiger partial charge in [0.25, 0.3) is 0 Å². The van der Waals surface area contributed by atoms with Crippen molar-refractivity contribution < 1.29 is 14.3 Å². The topological polar surface area (TPSA) is 59.6 Å². The number of anilines is 2. The third-order valence-electron chi connectivity index (χ3n) is 3.38. The summed E-state index contributed by atoms with van der Waals surface area (Å²) >= 11 is 0. The number of aryl methyl sites for hydroxylation is 1. The lowest BCUT2D eigenvalue weighted by molar-refractivity contribution is -0.116. The van der Waals surface area contributed by atoms with Crippen LogP contribution in [0.4, 0.5) is 11.4 Å². The molecule has 2 N–H and O–H groups in total. The zero-order chi connectivity index (χ0) is 16.7. The summed E-state index contributed by atoms with van der Waals surface area (Å²) in [6, 6.07) is 13.3. The summed E-state index contributed by atoms with van der Waals surface area (Å²) in [4.78, 5) is 12.1. The number of carbonyl (C=O) groups is 1. The van der Waals surface area contributed by atoms with E-state index < -0.39 is 0 Å². The van der Waals surface area contributed by atoms with Crippen LogP contribution in [0.2, 0.25) is 0 Å². The molecule has 0 radical (unpaired) electrons. The molecule has 0 aliphatic carbocycles. The second-order valence-corrected chi connectivity index (χ2v) is 5.16. The van der Waals surface area contributed by atoms with Gasteiger partial charge in [-0.05, 0) is 36.8 Å². The molecule has 0 heterocycles. The van der Waals surface area contributed by atoms with Gasteiger partial charge < -0.3 is 20.1 Å². The van der Waals surface area contributed by atoms with Gasteiger partial charge in [-0.3, -0.25) is 4.79 Å². The molecule has 0 saturated carbocycles. The first-order valence-corrected chi connectivity index (χ1v) is 7.45. The molecule has 0 aliphatic heterocycles. The van der Waals surface area contributed by atoms with Crippen LogP contribution in [-0.2, 0) is 4.79 Å². The second-order valence-electron chi connectivity index (χ2n) is 5.16. The summed E-state index contributed by atoms with van der Waals surface area (Å²) in [5.74, 6) is 1.18. The maximum absolute atomic E-state index is 12.1. The first-order valence-electron chi connectivity index (χ1n) is 7.45. The Morgan fingerprint density at radius 1 is 1.09 bits per heavy atom. The van der Waals surface area contributed by atoms with Crippen LogP contribution >= 0.6 is 0 Å². The van der Waals surface area contributed by atoms with Crippen LogP contribution in [0.5, 0.6) is 11.5 Å². The van der Waals surface area contributed by atoms with Crippen LogP contribution in [-0.4, -0.2) is 26.7 Å². The summed E-state index contributed by atoms with van der Waals surface area (Å²) in [6.45, 7) is 2.60. The van der Waals surface area contributed by atoms with Crippen LogP contribution in [0.25, 0.3) is 0 Å². The van der Waals surface area contributed by atoms with E-state index in [2.05, 4.69) is 10.6 Å². The van der Waals surface area contributed by atoms with Crippen molar-refractivity contribution in [2.24, 2.45) is 0 Å². The van der Waals surface area contributed by atoms with Gasteiger partial charge in [-0.25, -0.2) is 0 Å². The van der Waals surface area contributed by atoms with E-state index in [1.54, 1.807) is 32.4 Å². The van der Waals surface area contributed by atoms with Gasteiger partial charge in [0, 0.05) is 24.7 Å². The Morgan fingerprint density at radius 2 is 1.91 bits per heavy atom. The van der Waals surface area contributed by atoms with Crippen molar-refractivity contribution >= 4 is 17.3 Å². The fourth-order valence-corrected chi connectivity index (χ4v) is 2.19. The number of nitrogens with one attached hydrogen (secondary N) is 2. The highest BCUT2D eigenvalue weighted by atomic mass is 16.5. The molecule has 5 nitrogen and oxygen atoms in total. The molecule has 0 fully saturated rings. The van der Waals surface area contributed by atoms with Gasteiger partial charge in [-0.15, -0.1) is 0 Å². The smallest absolute Gasteiger partial charge is 0.226 e. The first kappa shape index (κ1) is 16.7. The number of methoxy groups -OCH3 is 2. The highest BCUT2D eigenvalue weighted by Gasteiger charge is 2.08. The molecule has 0 atom stereocenters. The van der Waals surface area contributed by atoms with E-state index in [1.807, 2.05) is 31.2 Å². The van der Waals surface area contributed by atoms with E-state index in [1.165, 1.54) is 5.56 Å². The number of benzene rings is 2. The Morgan fingerprint density at radius 3 is 2.61 bits per heavy atom. The lowest BCUT2D eigenvalue weighted by Gasteiger charge is -2.12. The fraction of sp³-hybridized carbons (Fsp3) is 0.278. The van der Waals surface area contributed by atoms with Crippen molar-refractivity contribution in [2.45, 2.75) is 13.3 Å². The maximum atomic E-state index is 12.1. The molecule has 1 amide bonds. The summed E-state index contributed by atoms with van der Waals surface area (Å²) in [5, 5.41) is 6.09. The van der Waals surface area contributed by atoms with Crippen LogP contribution < -0.4 is 20.1 Å². The van der Waals surface area contributed by atoms with Crippen LogP contribution in [0.3, 0.4) is 0 Å². The van der Waals surface area contributed by atoms with Crippen LogP contribution in [0.1, 0.15) is 12.0 Å². The van der Waals surface area contributed by atoms with E-state index in [-0.39, 0.29) is 5.91 Å². The summed E-state index contributed by atoms with van der Waals surface area (Å²) in [5.41, 5.74) is 2.83. The number of hydrogen-bond acceptors (Lipinski definition) is 4. The van der Waals surface area contributed by atoms with E-state index in [0.717, 1.165) is 5.69 Å². The number of hydrogen-bond donors (Lipinski definition) is 2. The van der Waals surface area contributed by atoms with Crippen molar-refractivity contribution in [3.8, 4) is 11.5 Å². The molecule has 2 aromatic carbocycles. The zero-order valence-corrected chi connectivity index (χ0v) is 13.7. The molecule has 0 aliphatic rings. The predicted octanol–water partition coefficient (Wildman–Crippen LogP) is 3.45. The molecule has 23 heavy (non-hydrogen) atoms. The third kappa shape index (κ3) is 4.92. The van der Waals surface area contributed by atoms with E-state index in [4.69, 9.17) is 9.47 Å². The summed E-state index contributed by atoms with van der Waals surface area (Å²) in [7, 11) is 3.15. The lowest BCUT2D eigenvalue weighted by atomic mass is 10.2. The van der Waals surface area contributed by atoms with Crippen molar-refractivity contribution in [1.82, 2.24) is 0 Å². The highest BCUT2D eigenvalue weighted by Crippen LogP contribution is 2.29. The average Bonchev–Trinajstić information content (AvgIpc) is 2.55. The average molecular weight is 314 g/mol. The van der Waals surface area contributed by atoms with Crippen LogP contribution in [0, 0.1) is 6.92 Å². The molecule has 2 rings (SSSR count). The van der Waals surface area contributed by atoms with Gasteiger partial charge in [-0.2, -0.15) is 0 Å². The molecule has 5 heteroatoms. The molecule has 2 aromatic rings. The molecule has 0 bridgehead atoms. The van der Waals surface area contributed by atoms with Crippen molar-refractivity contribution in [1.29, 1.82) is 0 Å². The lowest BCUT2D eigenvalue weighted by Crippen LogP contribution is -2.16. The SMILES string of the molecule is COc1ccc(NC(=O)CCNc2cccc(C)c2)c(OC)c1. The molecule has 0 aromatic heterocycles. The Kier molecular flexibility index (Phi) is 5.86. The van der Waals surface area contributed by atoms with E-state index in [0.29, 0.717) is 30.2 Å². The zero-order valence-electron chi connectivity index (χ0n) is 13.7. The number of rotatable bonds is 7. The number of carbonyl (C=O) groups excluding carboxylic acids is 1. The Bertz CT molecular complexity index is 671. The largest absolute Gasteiger partial charge is 0.497 e. The second kappa shape index (κ2) is 8.08. The Balaban J connectivity index is 1.87. The standard InChI is InChI=1S/C18H22N2O3/c1-13-5-4-6-14(11-13)19-10-9-18(21)20-16-8-7-15(22-2)12-17(16)23-3/h4-8,11-12,19H,9-10H2,1-3H3,(H,20,21). The number of ether oxygens (including phenoxy) is 2. The van der Waals surface area contributed by atoms with Gasteiger partial charge in [0.05, 0.1) is 19.9 Å². The number of amides is 1. The Hall–Kier alpha value is -2.69. The summed E-state index contributed by atoms with van der Waals surface area (Å²) in [6.07, 6.45) is 0.364. The monoisotopic (exact) mass is 314 g/mol. The molecule has 0 saturated heterocycles. The van der Waals surface area contributed by atoms with Crippen LogP contribution in [0.15, 0.2) is 42.5 Å². The minimum Gasteiger partial charge on any atom is -0.497 e. The fourth-order valence-electron chi connectivity index (χ4n) is 2.19. The van der Waals surface area contributed by atoms with Crippen molar-refractivity contribution in [3.63, 3.8) is 0 Å². The highest BCUT2D eigenvalue weighted by molar-refractivity contribution is 5.92. The van der Waals surface area contributed by atoms with Gasteiger partial charge >= 0.3 is 0 Å². The molecule has 0 spiro atoms. The van der Waals surface area contributed by atoms with E-state index in [9.17, 15) is 4.79 Å².